The van der Waals surface area contributed by atoms with Crippen molar-refractivity contribution < 1.29 is 18.1 Å². The van der Waals surface area contributed by atoms with Gasteiger partial charge in [-0.1, -0.05) is 11.2 Å². The van der Waals surface area contributed by atoms with Crippen LogP contribution >= 0.6 is 23.1 Å². The van der Waals surface area contributed by atoms with E-state index in [1.807, 2.05) is 49.1 Å². The van der Waals surface area contributed by atoms with Gasteiger partial charge in [-0.2, -0.15) is 11.8 Å². The minimum atomic E-state index is -0.996. The van der Waals surface area contributed by atoms with Gasteiger partial charge in [-0.25, -0.2) is 18.7 Å². The number of thioether (sulfide) groups is 1. The molecule has 0 N–H and O–H groups in total. The van der Waals surface area contributed by atoms with Crippen molar-refractivity contribution in [2.24, 2.45) is 0 Å². The quantitative estimate of drug-likeness (QED) is 0.218. The van der Waals surface area contributed by atoms with Crippen LogP contribution in [0.15, 0.2) is 47.1 Å². The molecule has 1 atom stereocenters. The summed E-state index contributed by atoms with van der Waals surface area (Å²) in [6.07, 6.45) is 5.51. The lowest BCUT2D eigenvalue weighted by atomic mass is 9.99. The fourth-order valence-corrected chi connectivity index (χ4v) is 6.93. The van der Waals surface area contributed by atoms with Crippen LogP contribution in [0.1, 0.15) is 47.5 Å². The molecule has 1 fully saturated rings. The van der Waals surface area contributed by atoms with Gasteiger partial charge in [-0.15, -0.1) is 11.3 Å². The number of rotatable bonds is 6. The Morgan fingerprint density at radius 1 is 1.15 bits per heavy atom. The number of imidazole rings is 1. The van der Waals surface area contributed by atoms with Crippen molar-refractivity contribution in [3.8, 4) is 16.3 Å². The zero-order valence-corrected chi connectivity index (χ0v) is 23.2. The first kappa shape index (κ1) is 25.7. The van der Waals surface area contributed by atoms with Crippen LogP contribution in [0.2, 0.25) is 0 Å². The lowest BCUT2D eigenvalue weighted by Gasteiger charge is -2.35. The Morgan fingerprint density at radius 2 is 2.00 bits per heavy atom. The normalized spacial score (nSPS) is 16.0. The van der Waals surface area contributed by atoms with Crippen molar-refractivity contribution in [2.75, 3.05) is 11.2 Å². The smallest absolute Gasteiger partial charge is 0.227 e. The molecular weight excluding hydrogens is 540 g/mol. The number of fused-ring (bicyclic) bond motifs is 1. The number of aryl methyl sites for hydroxylation is 2. The van der Waals surface area contributed by atoms with E-state index in [2.05, 4.69) is 5.16 Å². The number of carbonyl (C=O) groups is 1. The van der Waals surface area contributed by atoms with Gasteiger partial charge >= 0.3 is 0 Å². The molecule has 1 unspecified atom stereocenters. The fraction of sp³-hybridized carbons (Fsp3) is 0.286. The standard InChI is InChI=1S/C28H25F2N5O2S2/c1-15-26(16(2)37-33-15)17-7-10-23-22(11-17)32-27(35(23)28-31-13-19(39-28)14-38-3)24-5-4-6-25(36)34(24)18-8-9-20(29)21(30)12-18/h7-13,24H,4-6,14H2,1-3H3. The minimum absolute atomic E-state index is 0.158. The number of amides is 1. The summed E-state index contributed by atoms with van der Waals surface area (Å²) >= 11 is 3.29. The first-order valence-corrected chi connectivity index (χ1v) is 14.7. The molecule has 4 heterocycles. The summed E-state index contributed by atoms with van der Waals surface area (Å²) in [5.41, 5.74) is 4.51. The van der Waals surface area contributed by atoms with Crippen LogP contribution in [0.5, 0.6) is 0 Å². The van der Waals surface area contributed by atoms with Crippen molar-refractivity contribution in [1.82, 2.24) is 19.7 Å². The van der Waals surface area contributed by atoms with E-state index < -0.39 is 17.7 Å². The highest BCUT2D eigenvalue weighted by molar-refractivity contribution is 7.97. The van der Waals surface area contributed by atoms with Gasteiger partial charge in [-0.05, 0) is 62.8 Å². The molecule has 1 aliphatic heterocycles. The monoisotopic (exact) mass is 565 g/mol. The number of hydrogen-bond donors (Lipinski definition) is 0. The van der Waals surface area contributed by atoms with Crippen molar-refractivity contribution in [2.45, 2.75) is 44.9 Å². The van der Waals surface area contributed by atoms with E-state index in [9.17, 15) is 13.6 Å². The third-order valence-corrected chi connectivity index (χ3v) is 8.71. The van der Waals surface area contributed by atoms with Gasteiger partial charge in [0.1, 0.15) is 11.6 Å². The molecule has 0 spiro atoms. The summed E-state index contributed by atoms with van der Waals surface area (Å²) in [6.45, 7) is 3.77. The van der Waals surface area contributed by atoms with E-state index in [1.165, 1.54) is 6.07 Å². The summed E-state index contributed by atoms with van der Waals surface area (Å²) < 4.78 is 35.4. The molecule has 0 saturated carbocycles. The van der Waals surface area contributed by atoms with Crippen LogP contribution in [0, 0.1) is 25.5 Å². The third-order valence-electron chi connectivity index (χ3n) is 6.95. The summed E-state index contributed by atoms with van der Waals surface area (Å²) in [5, 5.41) is 4.83. The van der Waals surface area contributed by atoms with E-state index in [1.54, 1.807) is 28.0 Å². The van der Waals surface area contributed by atoms with Crippen LogP contribution in [0.3, 0.4) is 0 Å². The van der Waals surface area contributed by atoms with Crippen LogP contribution in [0.25, 0.3) is 27.3 Å². The van der Waals surface area contributed by atoms with Crippen molar-refractivity contribution in [1.29, 1.82) is 0 Å². The highest BCUT2D eigenvalue weighted by Gasteiger charge is 2.35. The average molecular weight is 566 g/mol. The van der Waals surface area contributed by atoms with Gasteiger partial charge in [0.15, 0.2) is 16.8 Å². The van der Waals surface area contributed by atoms with Gasteiger partial charge in [0.2, 0.25) is 5.91 Å². The minimum Gasteiger partial charge on any atom is -0.361 e. The Labute approximate surface area is 231 Å². The van der Waals surface area contributed by atoms with E-state index >= 15 is 0 Å². The SMILES string of the molecule is CSCc1cnc(-n2c(C3CCCC(=O)N3c3ccc(F)c(F)c3)nc3cc(-c4c(C)noc4C)ccc32)s1. The van der Waals surface area contributed by atoms with Crippen LogP contribution in [0.4, 0.5) is 14.5 Å². The van der Waals surface area contributed by atoms with Gasteiger partial charge in [0.05, 0.1) is 22.8 Å². The number of thiazole rings is 1. The van der Waals surface area contributed by atoms with Crippen LogP contribution in [-0.2, 0) is 10.5 Å². The molecule has 7 nitrogen and oxygen atoms in total. The number of piperidine rings is 1. The number of carbonyl (C=O) groups excluding carboxylic acids is 1. The Bertz CT molecular complexity index is 1690. The Kier molecular flexibility index (Phi) is 6.72. The number of hydrogen-bond acceptors (Lipinski definition) is 7. The molecule has 39 heavy (non-hydrogen) atoms. The number of nitrogens with zero attached hydrogens (tertiary/aromatic N) is 5. The molecular formula is C28H25F2N5O2S2. The maximum atomic E-state index is 14.3. The highest BCUT2D eigenvalue weighted by Crippen LogP contribution is 2.40. The van der Waals surface area contributed by atoms with Crippen molar-refractivity contribution >= 4 is 45.7 Å². The van der Waals surface area contributed by atoms with Gasteiger partial charge in [-0.3, -0.25) is 9.36 Å². The molecule has 11 heteroatoms. The maximum absolute atomic E-state index is 14.3. The molecule has 0 aliphatic carbocycles. The Hall–Kier alpha value is -3.57. The number of anilines is 1. The summed E-state index contributed by atoms with van der Waals surface area (Å²) in [4.78, 5) is 25.7. The van der Waals surface area contributed by atoms with Gasteiger partial charge in [0, 0.05) is 40.6 Å². The molecule has 200 valence electrons. The molecule has 6 rings (SSSR count). The van der Waals surface area contributed by atoms with Crippen molar-refractivity contribution in [3.05, 3.63) is 76.4 Å². The van der Waals surface area contributed by atoms with Crippen molar-refractivity contribution in [3.63, 3.8) is 0 Å². The van der Waals surface area contributed by atoms with Gasteiger partial charge < -0.3 is 9.42 Å². The number of aromatic nitrogens is 4. The molecule has 5 aromatic rings. The molecule has 1 aliphatic rings. The van der Waals surface area contributed by atoms with E-state index in [4.69, 9.17) is 14.5 Å². The molecule has 1 saturated heterocycles. The van der Waals surface area contributed by atoms with Gasteiger partial charge in [0.25, 0.3) is 0 Å². The molecule has 3 aromatic heterocycles. The summed E-state index contributed by atoms with van der Waals surface area (Å²) in [7, 11) is 0. The molecule has 2 aromatic carbocycles. The molecule has 0 radical (unpaired) electrons. The second kappa shape index (κ2) is 10.2. The van der Waals surface area contributed by atoms with E-state index in [-0.39, 0.29) is 5.91 Å². The van der Waals surface area contributed by atoms with E-state index in [0.717, 1.165) is 61.5 Å². The average Bonchev–Trinajstić information content (AvgIpc) is 3.62. The largest absolute Gasteiger partial charge is 0.361 e. The highest BCUT2D eigenvalue weighted by atomic mass is 32.2. The zero-order chi connectivity index (χ0) is 27.3. The third kappa shape index (κ3) is 4.53. The predicted octanol–water partition coefficient (Wildman–Crippen LogP) is 7.15. The van der Waals surface area contributed by atoms with E-state index in [0.29, 0.717) is 30.8 Å². The first-order valence-electron chi connectivity index (χ1n) is 12.5. The second-order valence-electron chi connectivity index (χ2n) is 9.52. The molecule has 0 bridgehead atoms. The summed E-state index contributed by atoms with van der Waals surface area (Å²) in [5.74, 6) is 0.0687. The lowest BCUT2D eigenvalue weighted by Crippen LogP contribution is -2.39. The Morgan fingerprint density at radius 3 is 2.74 bits per heavy atom. The predicted molar refractivity (Wildman–Crippen MR) is 149 cm³/mol. The number of benzene rings is 2. The lowest BCUT2D eigenvalue weighted by molar-refractivity contribution is -0.120. The van der Waals surface area contributed by atoms with Crippen LogP contribution < -0.4 is 4.90 Å². The maximum Gasteiger partial charge on any atom is 0.227 e. The Balaban J connectivity index is 1.55. The zero-order valence-electron chi connectivity index (χ0n) is 21.6. The number of halogens is 2. The second-order valence-corrected chi connectivity index (χ2v) is 11.5. The first-order chi connectivity index (χ1) is 18.9. The topological polar surface area (TPSA) is 77.1 Å². The molecule has 1 amide bonds. The fourth-order valence-electron chi connectivity index (χ4n) is 5.26. The summed E-state index contributed by atoms with van der Waals surface area (Å²) in [6, 6.07) is 9.08. The van der Waals surface area contributed by atoms with Crippen LogP contribution in [-0.4, -0.2) is 31.9 Å².